The minimum absolute atomic E-state index is 0.00653. The van der Waals surface area contributed by atoms with Crippen molar-refractivity contribution in [3.05, 3.63) is 35.9 Å². The number of epoxide rings is 1. The fourth-order valence-electron chi connectivity index (χ4n) is 5.16. The third-order valence-electron chi connectivity index (χ3n) is 6.83. The fourth-order valence-corrected chi connectivity index (χ4v) is 9.06. The van der Waals surface area contributed by atoms with Gasteiger partial charge >= 0.3 is 0 Å². The molecule has 0 radical (unpaired) electrons. The molecule has 0 aromatic heterocycles. The number of terminal acetylenes is 1. The first-order valence-corrected chi connectivity index (χ1v) is 13.8. The quantitative estimate of drug-likeness (QED) is 0.383. The zero-order valence-electron chi connectivity index (χ0n) is 18.5. The molecule has 2 aliphatic rings. The molecule has 1 aromatic carbocycles. The first kappa shape index (κ1) is 21.6. The van der Waals surface area contributed by atoms with Crippen molar-refractivity contribution in [3.63, 3.8) is 0 Å². The number of benzene rings is 1. The Morgan fingerprint density at radius 3 is 2.36 bits per heavy atom. The molecule has 2 aliphatic heterocycles. The molecule has 0 aliphatic carbocycles. The smallest absolute Gasteiger partial charge is 0.163 e. The molecule has 3 nitrogen and oxygen atoms in total. The SMILES string of the molecule is C#C[C@H](C)[C@@H]1OC(C)(C)O[C@H]([C@H]2O[C@@]2(CC)[Si](C)(C)Cc2ccccc2)[C@@H]1C. The van der Waals surface area contributed by atoms with Gasteiger partial charge in [0.2, 0.25) is 0 Å². The second-order valence-corrected chi connectivity index (χ2v) is 14.7. The van der Waals surface area contributed by atoms with Crippen molar-refractivity contribution in [2.75, 3.05) is 0 Å². The van der Waals surface area contributed by atoms with Gasteiger partial charge in [0.1, 0.15) is 6.10 Å². The molecule has 2 heterocycles. The summed E-state index contributed by atoms with van der Waals surface area (Å²) in [6.45, 7) is 15.4. The van der Waals surface area contributed by atoms with Crippen LogP contribution in [0.1, 0.15) is 46.6 Å². The van der Waals surface area contributed by atoms with Crippen LogP contribution in [0.2, 0.25) is 13.1 Å². The van der Waals surface area contributed by atoms with Gasteiger partial charge in [0, 0.05) is 11.8 Å². The number of ether oxygens (including phenoxy) is 3. The Labute approximate surface area is 172 Å². The molecule has 28 heavy (non-hydrogen) atoms. The van der Waals surface area contributed by atoms with Crippen LogP contribution in [-0.4, -0.2) is 37.4 Å². The predicted molar refractivity (Wildman–Crippen MR) is 117 cm³/mol. The van der Waals surface area contributed by atoms with Crippen molar-refractivity contribution in [2.45, 2.75) is 89.5 Å². The monoisotopic (exact) mass is 400 g/mol. The molecule has 4 heteroatoms. The normalized spacial score (nSPS) is 35.8. The van der Waals surface area contributed by atoms with Crippen LogP contribution >= 0.6 is 0 Å². The minimum Gasteiger partial charge on any atom is -0.367 e. The van der Waals surface area contributed by atoms with Crippen molar-refractivity contribution in [1.82, 2.24) is 0 Å². The lowest BCUT2D eigenvalue weighted by Gasteiger charge is -2.46. The van der Waals surface area contributed by atoms with E-state index in [1.165, 1.54) is 5.56 Å². The average molecular weight is 401 g/mol. The standard InChI is InChI=1S/C24H36O3Si/c1-9-17(3)20-18(4)21(26-23(5,6)25-20)22-24(10-2,27-22)28(7,8)16-19-14-12-11-13-15-19/h1,11-15,17-18,20-22H,10,16H2,2-8H3/t17-,18+,20-,21-,22+,24-/m0/s1. The summed E-state index contributed by atoms with van der Waals surface area (Å²) in [6, 6.07) is 11.9. The summed E-state index contributed by atoms with van der Waals surface area (Å²) in [7, 11) is -1.72. The van der Waals surface area contributed by atoms with Crippen molar-refractivity contribution in [3.8, 4) is 12.3 Å². The molecule has 0 N–H and O–H groups in total. The average Bonchev–Trinajstić information content (AvgIpc) is 3.40. The Morgan fingerprint density at radius 1 is 1.14 bits per heavy atom. The van der Waals surface area contributed by atoms with Crippen LogP contribution in [0.25, 0.3) is 0 Å². The predicted octanol–water partition coefficient (Wildman–Crippen LogP) is 4.99. The van der Waals surface area contributed by atoms with E-state index >= 15 is 0 Å². The highest BCUT2D eigenvalue weighted by atomic mass is 28.3. The van der Waals surface area contributed by atoms with E-state index in [9.17, 15) is 0 Å². The van der Waals surface area contributed by atoms with E-state index in [2.05, 4.69) is 70.1 Å². The molecule has 3 rings (SSSR count). The molecule has 6 atom stereocenters. The van der Waals surface area contributed by atoms with Crippen LogP contribution in [-0.2, 0) is 20.3 Å². The molecule has 1 aromatic rings. The number of hydrogen-bond donors (Lipinski definition) is 0. The Hall–Kier alpha value is -1.12. The van der Waals surface area contributed by atoms with Gasteiger partial charge in [-0.1, -0.05) is 62.8 Å². The maximum atomic E-state index is 6.59. The molecule has 0 saturated carbocycles. The van der Waals surface area contributed by atoms with Crippen LogP contribution in [0.5, 0.6) is 0 Å². The van der Waals surface area contributed by atoms with Crippen LogP contribution in [0.3, 0.4) is 0 Å². The van der Waals surface area contributed by atoms with Crippen LogP contribution < -0.4 is 0 Å². The lowest BCUT2D eigenvalue weighted by molar-refractivity contribution is -0.326. The maximum Gasteiger partial charge on any atom is 0.163 e. The molecule has 154 valence electrons. The Morgan fingerprint density at radius 2 is 1.79 bits per heavy atom. The summed E-state index contributed by atoms with van der Waals surface area (Å²) in [6.07, 6.45) is 6.86. The van der Waals surface area contributed by atoms with E-state index < -0.39 is 13.9 Å². The summed E-state index contributed by atoms with van der Waals surface area (Å²) in [4.78, 5) is 0. The fraction of sp³-hybridized carbons (Fsp3) is 0.667. The van der Waals surface area contributed by atoms with E-state index in [0.717, 1.165) is 12.5 Å². The highest BCUT2D eigenvalue weighted by Gasteiger charge is 2.69. The van der Waals surface area contributed by atoms with Crippen LogP contribution in [0.15, 0.2) is 30.3 Å². The Balaban J connectivity index is 1.84. The molecule has 2 saturated heterocycles. The second-order valence-electron chi connectivity index (χ2n) is 9.71. The number of hydrogen-bond acceptors (Lipinski definition) is 3. The van der Waals surface area contributed by atoms with E-state index in [-0.39, 0.29) is 35.4 Å². The molecular weight excluding hydrogens is 364 g/mol. The lowest BCUT2D eigenvalue weighted by Crippen LogP contribution is -2.57. The van der Waals surface area contributed by atoms with Gasteiger partial charge in [-0.05, 0) is 33.2 Å². The van der Waals surface area contributed by atoms with Gasteiger partial charge in [-0.2, -0.15) is 0 Å². The first-order chi connectivity index (χ1) is 13.1. The lowest BCUT2D eigenvalue weighted by atomic mass is 9.85. The van der Waals surface area contributed by atoms with Crippen molar-refractivity contribution in [1.29, 1.82) is 0 Å². The van der Waals surface area contributed by atoms with E-state index in [1.54, 1.807) is 0 Å². The van der Waals surface area contributed by atoms with Gasteiger partial charge < -0.3 is 14.2 Å². The van der Waals surface area contributed by atoms with Gasteiger partial charge in [-0.3, -0.25) is 0 Å². The Kier molecular flexibility index (Phi) is 5.86. The highest BCUT2D eigenvalue weighted by Crippen LogP contribution is 2.54. The van der Waals surface area contributed by atoms with Gasteiger partial charge in [0.15, 0.2) is 5.79 Å². The molecule has 2 fully saturated rings. The molecule has 0 bridgehead atoms. The van der Waals surface area contributed by atoms with Gasteiger partial charge in [-0.15, -0.1) is 12.3 Å². The topological polar surface area (TPSA) is 31.0 Å². The summed E-state index contributed by atoms with van der Waals surface area (Å²) < 4.78 is 19.3. The largest absolute Gasteiger partial charge is 0.367 e. The van der Waals surface area contributed by atoms with Gasteiger partial charge in [-0.25, -0.2) is 0 Å². The van der Waals surface area contributed by atoms with Crippen LogP contribution in [0, 0.1) is 24.2 Å². The number of rotatable bonds is 6. The van der Waals surface area contributed by atoms with Crippen molar-refractivity contribution in [2.24, 2.45) is 11.8 Å². The van der Waals surface area contributed by atoms with Gasteiger partial charge in [0.05, 0.1) is 25.5 Å². The maximum absolute atomic E-state index is 6.59. The van der Waals surface area contributed by atoms with Crippen LogP contribution in [0.4, 0.5) is 0 Å². The molecular formula is C24H36O3Si. The Bertz CT molecular complexity index is 723. The van der Waals surface area contributed by atoms with Crippen molar-refractivity contribution < 1.29 is 14.2 Å². The summed E-state index contributed by atoms with van der Waals surface area (Å²) in [5, 5.41) is -0.0564. The second kappa shape index (κ2) is 7.61. The molecule has 0 unspecified atom stereocenters. The summed E-state index contributed by atoms with van der Waals surface area (Å²) in [5.74, 6) is 2.46. The zero-order valence-corrected chi connectivity index (χ0v) is 19.5. The van der Waals surface area contributed by atoms with E-state index in [1.807, 2.05) is 13.8 Å². The molecule has 0 amide bonds. The van der Waals surface area contributed by atoms with E-state index in [4.69, 9.17) is 20.6 Å². The van der Waals surface area contributed by atoms with E-state index in [0.29, 0.717) is 0 Å². The summed E-state index contributed by atoms with van der Waals surface area (Å²) >= 11 is 0. The molecule has 0 spiro atoms. The zero-order chi connectivity index (χ0) is 20.7. The highest BCUT2D eigenvalue weighted by molar-refractivity contribution is 6.80. The van der Waals surface area contributed by atoms with Gasteiger partial charge in [0.25, 0.3) is 0 Å². The minimum atomic E-state index is -1.72. The summed E-state index contributed by atoms with van der Waals surface area (Å²) in [5.41, 5.74) is 1.40. The third-order valence-corrected chi connectivity index (χ3v) is 11.2. The third kappa shape index (κ3) is 3.83. The first-order valence-electron chi connectivity index (χ1n) is 10.6. The van der Waals surface area contributed by atoms with Crippen molar-refractivity contribution >= 4 is 8.07 Å².